The highest BCUT2D eigenvalue weighted by molar-refractivity contribution is 5.89. The number of hydrogen-bond donors (Lipinski definition) is 2. The monoisotopic (exact) mass is 483 g/mol. The van der Waals surface area contributed by atoms with E-state index < -0.39 is 11.6 Å². The Bertz CT molecular complexity index is 871. The Balaban J connectivity index is 1.27. The topological polar surface area (TPSA) is 79.9 Å². The van der Waals surface area contributed by atoms with Crippen molar-refractivity contribution in [3.8, 4) is 0 Å². The molecule has 4 aliphatic carbocycles. The summed E-state index contributed by atoms with van der Waals surface area (Å²) in [6.45, 7) is 3.18. The van der Waals surface area contributed by atoms with Gasteiger partial charge in [-0.05, 0) is 94.4 Å². The summed E-state index contributed by atoms with van der Waals surface area (Å²) in [5.74, 6) is 1.87. The van der Waals surface area contributed by atoms with Crippen molar-refractivity contribution < 1.29 is 19.1 Å². The molecule has 7 nitrogen and oxygen atoms in total. The first-order valence-corrected chi connectivity index (χ1v) is 13.5. The third-order valence-corrected chi connectivity index (χ3v) is 8.91. The quantitative estimate of drug-likeness (QED) is 0.550. The number of ether oxygens (including phenoxy) is 2. The fourth-order valence-electron chi connectivity index (χ4n) is 7.48. The molecule has 35 heavy (non-hydrogen) atoms. The SMILES string of the molecule is COC[C@H]1CCCN1NC(=O)[C@@](C)(CCc1ccccc1)NC(=O)OC12CC3CC(CC(C3)C1)C2. The molecule has 4 bridgehead atoms. The Morgan fingerprint density at radius 3 is 2.37 bits per heavy atom. The zero-order valence-electron chi connectivity index (χ0n) is 21.3. The summed E-state index contributed by atoms with van der Waals surface area (Å²) >= 11 is 0. The lowest BCUT2D eigenvalue weighted by Crippen LogP contribution is -2.62. The Morgan fingerprint density at radius 2 is 1.74 bits per heavy atom. The van der Waals surface area contributed by atoms with Gasteiger partial charge in [0.15, 0.2) is 0 Å². The summed E-state index contributed by atoms with van der Waals surface area (Å²) in [4.78, 5) is 26.9. The van der Waals surface area contributed by atoms with E-state index in [0.717, 1.165) is 44.2 Å². The largest absolute Gasteiger partial charge is 0.443 e. The van der Waals surface area contributed by atoms with Crippen LogP contribution in [0.2, 0.25) is 0 Å². The van der Waals surface area contributed by atoms with Gasteiger partial charge >= 0.3 is 6.09 Å². The highest BCUT2D eigenvalue weighted by Crippen LogP contribution is 2.57. The van der Waals surface area contributed by atoms with E-state index in [0.29, 0.717) is 37.2 Å². The minimum absolute atomic E-state index is 0.154. The third-order valence-electron chi connectivity index (χ3n) is 8.91. The van der Waals surface area contributed by atoms with Crippen molar-refractivity contribution in [2.75, 3.05) is 20.3 Å². The van der Waals surface area contributed by atoms with E-state index in [9.17, 15) is 9.59 Å². The van der Waals surface area contributed by atoms with Gasteiger partial charge in [-0.3, -0.25) is 10.2 Å². The van der Waals surface area contributed by atoms with E-state index in [1.807, 2.05) is 30.1 Å². The number of nitrogens with one attached hydrogen (secondary N) is 2. The Morgan fingerprint density at radius 1 is 1.09 bits per heavy atom. The molecule has 1 aromatic carbocycles. The molecule has 1 heterocycles. The Hall–Kier alpha value is -2.12. The van der Waals surface area contributed by atoms with E-state index in [1.165, 1.54) is 19.3 Å². The van der Waals surface area contributed by atoms with Crippen LogP contribution in [0.4, 0.5) is 4.79 Å². The molecule has 0 spiro atoms. The summed E-state index contributed by atoms with van der Waals surface area (Å²) in [6, 6.07) is 10.3. The fourth-order valence-corrected chi connectivity index (χ4v) is 7.48. The molecule has 6 rings (SSSR count). The molecule has 7 heteroatoms. The number of amides is 2. The zero-order valence-corrected chi connectivity index (χ0v) is 21.3. The molecule has 2 N–H and O–H groups in total. The van der Waals surface area contributed by atoms with E-state index in [1.54, 1.807) is 7.11 Å². The normalized spacial score (nSPS) is 33.3. The summed E-state index contributed by atoms with van der Waals surface area (Å²) < 4.78 is 11.6. The number of aryl methyl sites for hydroxylation is 1. The molecule has 1 aromatic rings. The summed E-state index contributed by atoms with van der Waals surface area (Å²) in [5, 5.41) is 5.00. The molecule has 5 aliphatic rings. The lowest BCUT2D eigenvalue weighted by Gasteiger charge is -2.55. The predicted molar refractivity (Wildman–Crippen MR) is 133 cm³/mol. The smallest absolute Gasteiger partial charge is 0.408 e. The van der Waals surface area contributed by atoms with Crippen molar-refractivity contribution in [2.45, 2.75) is 88.3 Å². The molecule has 1 saturated heterocycles. The Kier molecular flexibility index (Phi) is 7.09. The maximum atomic E-state index is 13.6. The second-order valence-corrected chi connectivity index (χ2v) is 11.8. The predicted octanol–water partition coefficient (Wildman–Crippen LogP) is 4.21. The minimum Gasteiger partial charge on any atom is -0.443 e. The molecule has 0 radical (unpaired) electrons. The van der Waals surface area contributed by atoms with Crippen LogP contribution < -0.4 is 10.7 Å². The molecule has 2 amide bonds. The van der Waals surface area contributed by atoms with Crippen molar-refractivity contribution in [2.24, 2.45) is 17.8 Å². The van der Waals surface area contributed by atoms with Crippen LogP contribution in [0.5, 0.6) is 0 Å². The molecular weight excluding hydrogens is 442 g/mol. The molecule has 4 saturated carbocycles. The number of nitrogens with zero attached hydrogens (tertiary/aromatic N) is 1. The number of alkyl carbamates (subject to hydrolysis) is 1. The molecule has 0 unspecified atom stereocenters. The van der Waals surface area contributed by atoms with Crippen LogP contribution in [0.3, 0.4) is 0 Å². The number of hydrogen-bond acceptors (Lipinski definition) is 5. The summed E-state index contributed by atoms with van der Waals surface area (Å²) in [5.41, 5.74) is 2.81. The van der Waals surface area contributed by atoms with Crippen LogP contribution in [-0.4, -0.2) is 54.5 Å². The number of carbonyl (C=O) groups is 2. The van der Waals surface area contributed by atoms with E-state index in [2.05, 4.69) is 22.9 Å². The van der Waals surface area contributed by atoms with Crippen molar-refractivity contribution in [1.29, 1.82) is 0 Å². The van der Waals surface area contributed by atoms with Crippen LogP contribution in [0.15, 0.2) is 30.3 Å². The van der Waals surface area contributed by atoms with E-state index in [4.69, 9.17) is 9.47 Å². The van der Waals surface area contributed by atoms with Gasteiger partial charge < -0.3 is 14.8 Å². The van der Waals surface area contributed by atoms with E-state index in [-0.39, 0.29) is 17.6 Å². The van der Waals surface area contributed by atoms with Gasteiger partial charge in [-0.25, -0.2) is 9.80 Å². The highest BCUT2D eigenvalue weighted by Gasteiger charge is 2.53. The first kappa shape index (κ1) is 24.6. The summed E-state index contributed by atoms with van der Waals surface area (Å²) in [7, 11) is 1.68. The molecule has 1 aliphatic heterocycles. The first-order chi connectivity index (χ1) is 16.9. The number of carbonyl (C=O) groups excluding carboxylic acids is 2. The number of methoxy groups -OCH3 is 1. The van der Waals surface area contributed by atoms with Gasteiger partial charge in [-0.1, -0.05) is 30.3 Å². The maximum absolute atomic E-state index is 13.6. The standard InChI is InChI=1S/C28H41N3O4/c1-27(11-10-20-7-4-3-5-8-20,25(32)30-31-12-6-9-24(31)19-34-2)29-26(33)35-28-16-21-13-22(17-28)15-23(14-21)18-28/h3-5,7-8,21-24H,6,9-19H2,1-2H3,(H,29,33)(H,30,32)/t21?,22?,23?,24-,27-,28?/m1/s1. The number of benzene rings is 1. The van der Waals surface area contributed by atoms with E-state index >= 15 is 0 Å². The summed E-state index contributed by atoms with van der Waals surface area (Å²) in [6.07, 6.45) is 9.52. The van der Waals surface area contributed by atoms with Crippen molar-refractivity contribution in [3.05, 3.63) is 35.9 Å². The lowest BCUT2D eigenvalue weighted by atomic mass is 9.54. The maximum Gasteiger partial charge on any atom is 0.408 e. The van der Waals surface area contributed by atoms with Crippen LogP contribution >= 0.6 is 0 Å². The zero-order chi connectivity index (χ0) is 24.5. The van der Waals surface area contributed by atoms with Gasteiger partial charge in [0.25, 0.3) is 5.91 Å². The third kappa shape index (κ3) is 5.51. The van der Waals surface area contributed by atoms with Crippen LogP contribution in [0, 0.1) is 17.8 Å². The molecule has 0 aromatic heterocycles. The average Bonchev–Trinajstić information content (AvgIpc) is 3.24. The second-order valence-electron chi connectivity index (χ2n) is 11.8. The van der Waals surface area contributed by atoms with Crippen LogP contribution in [0.25, 0.3) is 0 Å². The van der Waals surface area contributed by atoms with Gasteiger partial charge in [0.2, 0.25) is 0 Å². The van der Waals surface area contributed by atoms with Crippen molar-refractivity contribution in [1.82, 2.24) is 15.8 Å². The molecular formula is C28H41N3O4. The van der Waals surface area contributed by atoms with Crippen LogP contribution in [0.1, 0.15) is 70.3 Å². The van der Waals surface area contributed by atoms with Crippen molar-refractivity contribution in [3.63, 3.8) is 0 Å². The van der Waals surface area contributed by atoms with Crippen molar-refractivity contribution >= 4 is 12.0 Å². The van der Waals surface area contributed by atoms with Gasteiger partial charge in [0.1, 0.15) is 11.1 Å². The second kappa shape index (κ2) is 10.1. The molecule has 5 fully saturated rings. The highest BCUT2D eigenvalue weighted by atomic mass is 16.6. The lowest BCUT2D eigenvalue weighted by molar-refractivity contribution is -0.137. The Labute approximate surface area is 209 Å². The molecule has 2 atom stereocenters. The van der Waals surface area contributed by atoms with Gasteiger partial charge in [0.05, 0.1) is 12.6 Å². The van der Waals surface area contributed by atoms with Gasteiger partial charge in [-0.2, -0.15) is 0 Å². The fraction of sp³-hybridized carbons (Fsp3) is 0.714. The van der Waals surface area contributed by atoms with Gasteiger partial charge in [0, 0.05) is 13.7 Å². The number of rotatable bonds is 9. The number of hydrazine groups is 1. The van der Waals surface area contributed by atoms with Gasteiger partial charge in [-0.15, -0.1) is 0 Å². The molecule has 192 valence electrons. The average molecular weight is 484 g/mol. The first-order valence-electron chi connectivity index (χ1n) is 13.5. The van der Waals surface area contributed by atoms with Crippen LogP contribution in [-0.2, 0) is 20.7 Å². The minimum atomic E-state index is -1.09.